The molecule has 2 fully saturated rings. The minimum Gasteiger partial charge on any atom is -0.376 e. The lowest BCUT2D eigenvalue weighted by Crippen LogP contribution is -2.50. The van der Waals surface area contributed by atoms with Crippen LogP contribution in [0.25, 0.3) is 0 Å². The highest BCUT2D eigenvalue weighted by atomic mass is 16.5. The van der Waals surface area contributed by atoms with E-state index in [4.69, 9.17) is 4.74 Å². The maximum absolute atomic E-state index is 6.17. The highest BCUT2D eigenvalue weighted by molar-refractivity contribution is 5.35. The summed E-state index contributed by atoms with van der Waals surface area (Å²) in [6.07, 6.45) is 6.75. The van der Waals surface area contributed by atoms with Crippen LogP contribution < -0.4 is 4.90 Å². The fourth-order valence-electron chi connectivity index (χ4n) is 3.97. The van der Waals surface area contributed by atoms with Gasteiger partial charge in [0.25, 0.3) is 0 Å². The van der Waals surface area contributed by atoms with Crippen LogP contribution in [0.15, 0.2) is 48.9 Å². The standard InChI is InChI=1S/C21H29N5O/c1-2-5-19(6-3-1)16-25-9-4-14-27-20(18-25)17-24-10-12-26(13-11-24)21-15-22-7-8-23-21/h1-3,5-8,15,20H,4,9-14,16-18H2. The van der Waals surface area contributed by atoms with Crippen LogP contribution in [0.5, 0.6) is 0 Å². The predicted octanol–water partition coefficient (Wildman–Crippen LogP) is 1.89. The zero-order valence-corrected chi connectivity index (χ0v) is 15.9. The van der Waals surface area contributed by atoms with Gasteiger partial charge in [-0.1, -0.05) is 30.3 Å². The molecule has 3 heterocycles. The first kappa shape index (κ1) is 18.3. The van der Waals surface area contributed by atoms with E-state index in [-0.39, 0.29) is 0 Å². The second-order valence-electron chi connectivity index (χ2n) is 7.42. The van der Waals surface area contributed by atoms with Crippen molar-refractivity contribution in [1.82, 2.24) is 19.8 Å². The third-order valence-electron chi connectivity index (χ3n) is 5.39. The Labute approximate surface area is 161 Å². The summed E-state index contributed by atoms with van der Waals surface area (Å²) < 4.78 is 6.17. The van der Waals surface area contributed by atoms with Crippen LogP contribution in [0.2, 0.25) is 0 Å². The lowest BCUT2D eigenvalue weighted by Gasteiger charge is -2.37. The van der Waals surface area contributed by atoms with E-state index in [2.05, 4.69) is 55.0 Å². The zero-order chi connectivity index (χ0) is 18.3. The molecule has 1 aromatic heterocycles. The number of nitrogens with zero attached hydrogens (tertiary/aromatic N) is 5. The van der Waals surface area contributed by atoms with Gasteiger partial charge in [-0.15, -0.1) is 0 Å². The third kappa shape index (κ3) is 5.25. The van der Waals surface area contributed by atoms with Gasteiger partial charge in [-0.2, -0.15) is 0 Å². The minimum absolute atomic E-state index is 0.291. The largest absolute Gasteiger partial charge is 0.376 e. The Hall–Kier alpha value is -2.02. The first-order valence-electron chi connectivity index (χ1n) is 9.98. The number of aromatic nitrogens is 2. The van der Waals surface area contributed by atoms with Gasteiger partial charge in [0.2, 0.25) is 0 Å². The molecule has 0 bridgehead atoms. The van der Waals surface area contributed by atoms with E-state index >= 15 is 0 Å². The SMILES string of the molecule is c1ccc(CN2CCCOC(CN3CCN(c4cnccn4)CC3)C2)cc1. The Morgan fingerprint density at radius 3 is 2.59 bits per heavy atom. The van der Waals surface area contributed by atoms with Gasteiger partial charge in [-0.3, -0.25) is 14.8 Å². The Kier molecular flexibility index (Phi) is 6.29. The van der Waals surface area contributed by atoms with Crippen LogP contribution in [-0.4, -0.2) is 78.3 Å². The number of hydrogen-bond donors (Lipinski definition) is 0. The molecule has 2 aliphatic rings. The molecule has 27 heavy (non-hydrogen) atoms. The number of anilines is 1. The Bertz CT molecular complexity index is 675. The summed E-state index contributed by atoms with van der Waals surface area (Å²) in [6, 6.07) is 10.8. The molecule has 2 aliphatic heterocycles. The average Bonchev–Trinajstić information content (AvgIpc) is 2.95. The van der Waals surface area contributed by atoms with Gasteiger partial charge in [0.1, 0.15) is 5.82 Å². The maximum Gasteiger partial charge on any atom is 0.147 e. The summed E-state index contributed by atoms with van der Waals surface area (Å²) in [4.78, 5) is 16.0. The van der Waals surface area contributed by atoms with Gasteiger partial charge in [0.15, 0.2) is 0 Å². The molecule has 1 aromatic carbocycles. The lowest BCUT2D eigenvalue weighted by atomic mass is 10.2. The van der Waals surface area contributed by atoms with Crippen LogP contribution in [0.1, 0.15) is 12.0 Å². The van der Waals surface area contributed by atoms with E-state index < -0.39 is 0 Å². The van der Waals surface area contributed by atoms with Gasteiger partial charge in [-0.25, -0.2) is 4.98 Å². The van der Waals surface area contributed by atoms with Crippen molar-refractivity contribution in [2.24, 2.45) is 0 Å². The van der Waals surface area contributed by atoms with Crippen LogP contribution >= 0.6 is 0 Å². The summed E-state index contributed by atoms with van der Waals surface area (Å²) in [5, 5.41) is 0. The van der Waals surface area contributed by atoms with Gasteiger partial charge < -0.3 is 9.64 Å². The van der Waals surface area contributed by atoms with E-state index in [0.29, 0.717) is 6.10 Å². The molecule has 6 heteroatoms. The summed E-state index contributed by atoms with van der Waals surface area (Å²) in [5.41, 5.74) is 1.38. The fraction of sp³-hybridized carbons (Fsp3) is 0.524. The maximum atomic E-state index is 6.17. The van der Waals surface area contributed by atoms with Crippen molar-refractivity contribution in [1.29, 1.82) is 0 Å². The number of benzene rings is 1. The van der Waals surface area contributed by atoms with Crippen LogP contribution in [-0.2, 0) is 11.3 Å². The summed E-state index contributed by atoms with van der Waals surface area (Å²) in [5.74, 6) is 0.983. The molecule has 0 aliphatic carbocycles. The molecule has 0 saturated carbocycles. The zero-order valence-electron chi connectivity index (χ0n) is 15.9. The van der Waals surface area contributed by atoms with Crippen molar-refractivity contribution in [3.63, 3.8) is 0 Å². The van der Waals surface area contributed by atoms with E-state index in [9.17, 15) is 0 Å². The number of hydrogen-bond acceptors (Lipinski definition) is 6. The molecule has 0 spiro atoms. The van der Waals surface area contributed by atoms with Gasteiger partial charge in [0, 0.05) is 71.4 Å². The van der Waals surface area contributed by atoms with Crippen molar-refractivity contribution in [2.75, 3.05) is 57.3 Å². The van der Waals surface area contributed by atoms with Gasteiger partial charge in [0.05, 0.1) is 12.3 Å². The smallest absolute Gasteiger partial charge is 0.147 e. The third-order valence-corrected chi connectivity index (χ3v) is 5.39. The van der Waals surface area contributed by atoms with E-state index in [1.54, 1.807) is 12.4 Å². The number of piperazine rings is 1. The normalized spacial score (nSPS) is 22.5. The Morgan fingerprint density at radius 2 is 1.81 bits per heavy atom. The van der Waals surface area contributed by atoms with E-state index in [1.807, 2.05) is 6.20 Å². The second kappa shape index (κ2) is 9.26. The van der Waals surface area contributed by atoms with Gasteiger partial charge >= 0.3 is 0 Å². The molecule has 4 rings (SSSR count). The molecule has 1 unspecified atom stereocenters. The molecule has 0 amide bonds. The van der Waals surface area contributed by atoms with E-state index in [1.165, 1.54) is 5.56 Å². The van der Waals surface area contributed by atoms with Gasteiger partial charge in [-0.05, 0) is 12.0 Å². The molecule has 144 valence electrons. The fourth-order valence-corrected chi connectivity index (χ4v) is 3.97. The minimum atomic E-state index is 0.291. The highest BCUT2D eigenvalue weighted by Gasteiger charge is 2.24. The molecular formula is C21H29N5O. The van der Waals surface area contributed by atoms with Crippen molar-refractivity contribution >= 4 is 5.82 Å². The molecule has 6 nitrogen and oxygen atoms in total. The second-order valence-corrected chi connectivity index (χ2v) is 7.42. The first-order valence-corrected chi connectivity index (χ1v) is 9.98. The Morgan fingerprint density at radius 1 is 0.963 bits per heavy atom. The van der Waals surface area contributed by atoms with Crippen LogP contribution in [0.4, 0.5) is 5.82 Å². The molecule has 0 radical (unpaired) electrons. The average molecular weight is 367 g/mol. The highest BCUT2D eigenvalue weighted by Crippen LogP contribution is 2.15. The number of rotatable bonds is 5. The van der Waals surface area contributed by atoms with Crippen molar-refractivity contribution in [3.8, 4) is 0 Å². The summed E-state index contributed by atoms with van der Waals surface area (Å²) in [7, 11) is 0. The van der Waals surface area contributed by atoms with Crippen molar-refractivity contribution in [2.45, 2.75) is 19.1 Å². The molecule has 2 saturated heterocycles. The summed E-state index contributed by atoms with van der Waals surface area (Å²) in [6.45, 7) is 9.13. The number of ether oxygens (including phenoxy) is 1. The molecule has 0 N–H and O–H groups in total. The first-order chi connectivity index (χ1) is 13.4. The monoisotopic (exact) mass is 367 g/mol. The Balaban J connectivity index is 1.27. The quantitative estimate of drug-likeness (QED) is 0.804. The lowest BCUT2D eigenvalue weighted by molar-refractivity contribution is 0.0245. The molecular weight excluding hydrogens is 338 g/mol. The van der Waals surface area contributed by atoms with Crippen molar-refractivity contribution < 1.29 is 4.74 Å². The molecule has 1 atom stereocenters. The van der Waals surface area contributed by atoms with Crippen molar-refractivity contribution in [3.05, 3.63) is 54.5 Å². The van der Waals surface area contributed by atoms with Crippen LogP contribution in [0, 0.1) is 0 Å². The topological polar surface area (TPSA) is 44.7 Å². The van der Waals surface area contributed by atoms with Crippen LogP contribution in [0.3, 0.4) is 0 Å². The van der Waals surface area contributed by atoms with E-state index in [0.717, 1.165) is 71.2 Å². The summed E-state index contributed by atoms with van der Waals surface area (Å²) >= 11 is 0. The predicted molar refractivity (Wildman–Crippen MR) is 107 cm³/mol. The molecule has 2 aromatic rings.